The van der Waals surface area contributed by atoms with Crippen LogP contribution >= 0.6 is 0 Å². The molecule has 3 aromatic carbocycles. The van der Waals surface area contributed by atoms with Crippen LogP contribution in [0.15, 0.2) is 54.6 Å². The minimum absolute atomic E-state index is 0.179. The highest BCUT2D eigenvalue weighted by atomic mass is 28.1. The molecule has 3 N–H and O–H groups in total. The first-order chi connectivity index (χ1) is 13.7. The van der Waals surface area contributed by atoms with E-state index in [2.05, 4.69) is 0 Å². The summed E-state index contributed by atoms with van der Waals surface area (Å²) in [6, 6.07) is 17.6. The molecule has 0 bridgehead atoms. The Kier molecular flexibility index (Phi) is 6.03. The van der Waals surface area contributed by atoms with Crippen LogP contribution in [0.4, 0.5) is 0 Å². The fraction of sp³-hybridized carbons (Fsp3) is 0.280. The van der Waals surface area contributed by atoms with Gasteiger partial charge in [-0.3, -0.25) is 0 Å². The summed E-state index contributed by atoms with van der Waals surface area (Å²) >= 11 is 0. The van der Waals surface area contributed by atoms with Crippen molar-refractivity contribution in [2.24, 2.45) is 0 Å². The van der Waals surface area contributed by atoms with Gasteiger partial charge in [0.05, 0.1) is 0 Å². The molecule has 0 saturated carbocycles. The summed E-state index contributed by atoms with van der Waals surface area (Å²) in [5, 5.41) is 31.6. The maximum Gasteiger partial charge on any atom is 0.121 e. The van der Waals surface area contributed by atoms with Gasteiger partial charge in [0.25, 0.3) is 0 Å². The van der Waals surface area contributed by atoms with Crippen LogP contribution in [-0.4, -0.2) is 25.6 Å². The summed E-state index contributed by atoms with van der Waals surface area (Å²) < 4.78 is 0. The van der Waals surface area contributed by atoms with E-state index in [1.54, 1.807) is 0 Å². The van der Waals surface area contributed by atoms with E-state index in [0.29, 0.717) is 36.5 Å². The van der Waals surface area contributed by atoms with Crippen LogP contribution in [0.3, 0.4) is 0 Å². The number of benzene rings is 3. The lowest BCUT2D eigenvalue weighted by Gasteiger charge is -2.32. The van der Waals surface area contributed by atoms with E-state index < -0.39 is 0 Å². The first-order valence-electron chi connectivity index (χ1n) is 10.0. The number of aromatic hydroxyl groups is 3. The van der Waals surface area contributed by atoms with Crippen molar-refractivity contribution in [1.29, 1.82) is 0 Å². The predicted octanol–water partition coefficient (Wildman–Crippen LogP) is 4.28. The molecule has 0 spiro atoms. The highest BCUT2D eigenvalue weighted by molar-refractivity contribution is 6.15. The van der Waals surface area contributed by atoms with Gasteiger partial charge in [0.2, 0.25) is 0 Å². The smallest absolute Gasteiger partial charge is 0.121 e. The Balaban J connectivity index is 2.03. The Morgan fingerprint density at radius 2 is 0.862 bits per heavy atom. The molecule has 0 heterocycles. The fourth-order valence-corrected chi connectivity index (χ4v) is 5.30. The molecule has 0 aliphatic carbocycles. The molecule has 3 aromatic rings. The first-order valence-corrected chi connectivity index (χ1v) is 11.0. The lowest BCUT2D eigenvalue weighted by Crippen LogP contribution is -2.23. The van der Waals surface area contributed by atoms with Crippen molar-refractivity contribution in [2.45, 2.75) is 45.1 Å². The van der Waals surface area contributed by atoms with Crippen molar-refractivity contribution in [2.75, 3.05) is 0 Å². The van der Waals surface area contributed by atoms with Gasteiger partial charge >= 0.3 is 0 Å². The molecule has 0 atom stereocenters. The Bertz CT molecular complexity index is 897. The van der Waals surface area contributed by atoms with Crippen molar-refractivity contribution >= 4 is 10.2 Å². The van der Waals surface area contributed by atoms with Crippen molar-refractivity contribution in [3.63, 3.8) is 0 Å². The minimum atomic E-state index is -0.179. The van der Waals surface area contributed by atoms with E-state index in [1.165, 1.54) is 0 Å². The number of rotatable bonds is 6. The lowest BCUT2D eigenvalue weighted by molar-refractivity contribution is 0.434. The summed E-state index contributed by atoms with van der Waals surface area (Å²) in [5.41, 5.74) is 5.34. The molecule has 0 aliphatic heterocycles. The summed E-state index contributed by atoms with van der Waals surface area (Å²) in [6.07, 6.45) is 2.06. The third-order valence-corrected chi connectivity index (χ3v) is 6.88. The van der Waals surface area contributed by atoms with Gasteiger partial charge in [0, 0.05) is 10.2 Å². The van der Waals surface area contributed by atoms with E-state index in [0.717, 1.165) is 43.6 Å². The lowest BCUT2D eigenvalue weighted by atomic mass is 9.84. The average Bonchev–Trinajstić information content (AvgIpc) is 2.67. The third-order valence-electron chi connectivity index (χ3n) is 5.82. The second kappa shape index (κ2) is 8.33. The summed E-state index contributed by atoms with van der Waals surface area (Å²) in [6.45, 7) is 5.73. The van der Waals surface area contributed by atoms with Crippen molar-refractivity contribution in [3.05, 3.63) is 88.0 Å². The molecule has 0 fully saturated rings. The van der Waals surface area contributed by atoms with Gasteiger partial charge in [-0.15, -0.1) is 0 Å². The largest absolute Gasteiger partial charge is 0.507 e. The van der Waals surface area contributed by atoms with Crippen molar-refractivity contribution in [1.82, 2.24) is 0 Å². The Labute approximate surface area is 176 Å². The van der Waals surface area contributed by atoms with Gasteiger partial charge in [-0.25, -0.2) is 0 Å². The SMILES string of the molecule is Cc1cccc(CC([SiH3])(Cc2cccc(C)c2O)Cc2cccc(C)c2O)c1O. The van der Waals surface area contributed by atoms with Crippen LogP contribution < -0.4 is 0 Å². The average molecular weight is 407 g/mol. The van der Waals surface area contributed by atoms with Crippen molar-refractivity contribution < 1.29 is 15.3 Å². The molecule has 3 nitrogen and oxygen atoms in total. The summed E-state index contributed by atoms with van der Waals surface area (Å²) in [5.74, 6) is 1.03. The zero-order valence-electron chi connectivity index (χ0n) is 17.7. The van der Waals surface area contributed by atoms with Gasteiger partial charge in [-0.2, -0.15) is 0 Å². The van der Waals surface area contributed by atoms with E-state index in [-0.39, 0.29) is 5.04 Å². The van der Waals surface area contributed by atoms with Crippen LogP contribution in [-0.2, 0) is 19.3 Å². The second-order valence-electron chi connectivity index (χ2n) is 8.59. The number of phenolic OH excluding ortho intramolecular Hbond substituents is 3. The fourth-order valence-electron chi connectivity index (χ4n) is 4.15. The zero-order chi connectivity index (χ0) is 21.2. The van der Waals surface area contributed by atoms with Crippen LogP contribution in [0, 0.1) is 20.8 Å². The van der Waals surface area contributed by atoms with Gasteiger partial charge < -0.3 is 15.3 Å². The quantitative estimate of drug-likeness (QED) is 0.536. The van der Waals surface area contributed by atoms with Gasteiger partial charge in [-0.1, -0.05) is 54.6 Å². The number of hydrogen-bond donors (Lipinski definition) is 3. The molecule has 0 unspecified atom stereocenters. The number of para-hydroxylation sites is 3. The predicted molar refractivity (Wildman–Crippen MR) is 122 cm³/mol. The molecule has 3 rings (SSSR count). The highest BCUT2D eigenvalue weighted by Crippen LogP contribution is 2.42. The Morgan fingerprint density at radius 3 is 1.14 bits per heavy atom. The Morgan fingerprint density at radius 1 is 0.586 bits per heavy atom. The number of aryl methyl sites for hydroxylation is 3. The maximum absolute atomic E-state index is 10.6. The molecule has 0 aromatic heterocycles. The normalized spacial score (nSPS) is 11.7. The molecular weight excluding hydrogens is 376 g/mol. The molecule has 0 amide bonds. The van der Waals surface area contributed by atoms with Gasteiger partial charge in [0.15, 0.2) is 0 Å². The standard InChI is InChI=1S/C25H30O3Si/c1-16-7-4-10-19(22(16)26)13-25(29,14-20-11-5-8-17(2)23(20)27)15-21-12-6-9-18(3)24(21)28/h4-12,26-28H,13-15H2,1-3,29H3. The number of phenols is 3. The second-order valence-corrected chi connectivity index (χ2v) is 10.7. The first kappa shape index (κ1) is 21.0. The van der Waals surface area contributed by atoms with E-state index in [1.807, 2.05) is 75.4 Å². The van der Waals surface area contributed by atoms with Crippen LogP contribution in [0.2, 0.25) is 5.04 Å². The molecule has 0 radical (unpaired) electrons. The summed E-state index contributed by atoms with van der Waals surface area (Å²) in [7, 11) is 0.827. The zero-order valence-corrected chi connectivity index (χ0v) is 19.7. The number of hydrogen-bond acceptors (Lipinski definition) is 3. The minimum Gasteiger partial charge on any atom is -0.507 e. The topological polar surface area (TPSA) is 60.7 Å². The van der Waals surface area contributed by atoms with Crippen LogP contribution in [0.5, 0.6) is 17.2 Å². The molecule has 4 heteroatoms. The molecule has 152 valence electrons. The van der Waals surface area contributed by atoms with E-state index in [4.69, 9.17) is 0 Å². The maximum atomic E-state index is 10.6. The highest BCUT2D eigenvalue weighted by Gasteiger charge is 2.29. The molecular formula is C25H30O3Si. The van der Waals surface area contributed by atoms with Crippen LogP contribution in [0.1, 0.15) is 33.4 Å². The van der Waals surface area contributed by atoms with E-state index >= 15 is 0 Å². The van der Waals surface area contributed by atoms with Gasteiger partial charge in [-0.05, 0) is 78.5 Å². The van der Waals surface area contributed by atoms with E-state index in [9.17, 15) is 15.3 Å². The Hall–Kier alpha value is -2.72. The van der Waals surface area contributed by atoms with Gasteiger partial charge in [0.1, 0.15) is 17.2 Å². The third kappa shape index (κ3) is 4.65. The molecule has 0 saturated heterocycles. The molecule has 29 heavy (non-hydrogen) atoms. The van der Waals surface area contributed by atoms with Crippen molar-refractivity contribution in [3.8, 4) is 17.2 Å². The monoisotopic (exact) mass is 406 g/mol. The summed E-state index contributed by atoms with van der Waals surface area (Å²) in [4.78, 5) is 0. The van der Waals surface area contributed by atoms with Crippen LogP contribution in [0.25, 0.3) is 0 Å². The molecule has 0 aliphatic rings.